The Morgan fingerprint density at radius 1 is 0.833 bits per heavy atom. The van der Waals surface area contributed by atoms with Gasteiger partial charge in [0.15, 0.2) is 0 Å². The normalized spacial score (nSPS) is 10.7. The summed E-state index contributed by atoms with van der Waals surface area (Å²) in [4.78, 5) is 13.2. The second kappa shape index (κ2) is 9.65. The van der Waals surface area contributed by atoms with E-state index in [0.717, 1.165) is 22.6 Å². The smallest absolute Gasteiger partial charge is 0.260 e. The van der Waals surface area contributed by atoms with Crippen molar-refractivity contribution < 1.29 is 19.0 Å². The molecule has 3 aromatic carbocycles. The number of carbonyl (C=O) groups is 1. The molecule has 0 saturated heterocycles. The standard InChI is InChI=1S/C25H25NO4/c1-17-7-5-6-8-22(17)26-25(27)24-19(15-21(29-3)16-23(24)30-4)12-9-18-10-13-20(28-2)14-11-18/h5-16H,1-4H3,(H,26,27)/b12-9+. The van der Waals surface area contributed by atoms with Crippen molar-refractivity contribution in [2.24, 2.45) is 0 Å². The summed E-state index contributed by atoms with van der Waals surface area (Å²) in [6.45, 7) is 1.95. The molecule has 0 atom stereocenters. The predicted molar refractivity (Wildman–Crippen MR) is 121 cm³/mol. The van der Waals surface area contributed by atoms with E-state index in [2.05, 4.69) is 5.32 Å². The van der Waals surface area contributed by atoms with Crippen molar-refractivity contribution in [3.8, 4) is 17.2 Å². The van der Waals surface area contributed by atoms with Gasteiger partial charge in [0.2, 0.25) is 0 Å². The summed E-state index contributed by atoms with van der Waals surface area (Å²) in [7, 11) is 4.75. The van der Waals surface area contributed by atoms with Crippen LogP contribution in [0.1, 0.15) is 27.0 Å². The lowest BCUT2D eigenvalue weighted by molar-refractivity contribution is 0.102. The number of nitrogens with one attached hydrogen (secondary N) is 1. The minimum atomic E-state index is -0.252. The van der Waals surface area contributed by atoms with Crippen LogP contribution in [0.2, 0.25) is 0 Å². The molecule has 1 N–H and O–H groups in total. The van der Waals surface area contributed by atoms with Crippen LogP contribution in [-0.4, -0.2) is 27.2 Å². The first kappa shape index (κ1) is 21.0. The summed E-state index contributed by atoms with van der Waals surface area (Å²) < 4.78 is 16.1. The van der Waals surface area contributed by atoms with E-state index in [0.29, 0.717) is 22.6 Å². The molecule has 0 unspecified atom stereocenters. The molecule has 0 radical (unpaired) electrons. The molecule has 0 spiro atoms. The first-order valence-corrected chi connectivity index (χ1v) is 9.51. The summed E-state index contributed by atoms with van der Waals surface area (Å²) >= 11 is 0. The molecule has 0 aliphatic heterocycles. The third-order valence-corrected chi connectivity index (χ3v) is 4.75. The fraction of sp³-hybridized carbons (Fsp3) is 0.160. The number of amides is 1. The zero-order valence-corrected chi connectivity index (χ0v) is 17.6. The van der Waals surface area contributed by atoms with Gasteiger partial charge < -0.3 is 19.5 Å². The Morgan fingerprint density at radius 2 is 1.53 bits per heavy atom. The topological polar surface area (TPSA) is 56.8 Å². The number of hydrogen-bond donors (Lipinski definition) is 1. The SMILES string of the molecule is COc1ccc(/C=C/c2cc(OC)cc(OC)c2C(=O)Nc2ccccc2C)cc1. The van der Waals surface area contributed by atoms with Crippen molar-refractivity contribution in [2.45, 2.75) is 6.92 Å². The van der Waals surface area contributed by atoms with Crippen LogP contribution < -0.4 is 19.5 Å². The molecule has 0 aliphatic carbocycles. The average molecular weight is 403 g/mol. The molecular weight excluding hydrogens is 378 g/mol. The molecule has 0 fully saturated rings. The third-order valence-electron chi connectivity index (χ3n) is 4.75. The monoisotopic (exact) mass is 403 g/mol. The number of ether oxygens (including phenoxy) is 3. The predicted octanol–water partition coefficient (Wildman–Crippen LogP) is 5.44. The van der Waals surface area contributed by atoms with E-state index in [1.165, 1.54) is 7.11 Å². The highest BCUT2D eigenvalue weighted by molar-refractivity contribution is 6.09. The number of anilines is 1. The van der Waals surface area contributed by atoms with Crippen LogP contribution in [0.25, 0.3) is 12.2 Å². The third kappa shape index (κ3) is 4.81. The van der Waals surface area contributed by atoms with Crippen LogP contribution in [0, 0.1) is 6.92 Å². The fourth-order valence-corrected chi connectivity index (χ4v) is 3.06. The van der Waals surface area contributed by atoms with E-state index in [-0.39, 0.29) is 5.91 Å². The van der Waals surface area contributed by atoms with E-state index < -0.39 is 0 Å². The lowest BCUT2D eigenvalue weighted by Gasteiger charge is -2.15. The molecule has 5 heteroatoms. The van der Waals surface area contributed by atoms with Crippen molar-refractivity contribution >= 4 is 23.7 Å². The van der Waals surface area contributed by atoms with E-state index >= 15 is 0 Å². The van der Waals surface area contributed by atoms with E-state index in [4.69, 9.17) is 14.2 Å². The van der Waals surface area contributed by atoms with Gasteiger partial charge in [0.05, 0.1) is 26.9 Å². The molecule has 0 heterocycles. The molecule has 0 aromatic heterocycles. The van der Waals surface area contributed by atoms with Crippen molar-refractivity contribution in [3.63, 3.8) is 0 Å². The Bertz CT molecular complexity index is 1060. The van der Waals surface area contributed by atoms with Crippen LogP contribution in [-0.2, 0) is 0 Å². The molecule has 1 amide bonds. The quantitative estimate of drug-likeness (QED) is 0.534. The highest BCUT2D eigenvalue weighted by atomic mass is 16.5. The van der Waals surface area contributed by atoms with Gasteiger partial charge in [-0.2, -0.15) is 0 Å². The molecular formula is C25H25NO4. The largest absolute Gasteiger partial charge is 0.497 e. The summed E-state index contributed by atoms with van der Waals surface area (Å²) in [5.41, 5.74) is 3.83. The molecule has 0 aliphatic rings. The number of methoxy groups -OCH3 is 3. The summed E-state index contributed by atoms with van der Waals surface area (Å²) in [5.74, 6) is 1.58. The van der Waals surface area contributed by atoms with Crippen molar-refractivity contribution in [1.29, 1.82) is 0 Å². The van der Waals surface area contributed by atoms with E-state index in [1.54, 1.807) is 20.3 Å². The molecule has 30 heavy (non-hydrogen) atoms. The fourth-order valence-electron chi connectivity index (χ4n) is 3.06. The first-order chi connectivity index (χ1) is 14.5. The number of aryl methyl sites for hydroxylation is 1. The molecule has 0 saturated carbocycles. The lowest BCUT2D eigenvalue weighted by atomic mass is 10.0. The van der Waals surface area contributed by atoms with Gasteiger partial charge in [0, 0.05) is 11.8 Å². The maximum atomic E-state index is 13.2. The van der Waals surface area contributed by atoms with Gasteiger partial charge >= 0.3 is 0 Å². The molecule has 154 valence electrons. The van der Waals surface area contributed by atoms with E-state index in [1.807, 2.05) is 73.7 Å². The number of hydrogen-bond acceptors (Lipinski definition) is 4. The van der Waals surface area contributed by atoms with Crippen LogP contribution >= 0.6 is 0 Å². The molecule has 3 aromatic rings. The second-order valence-electron chi connectivity index (χ2n) is 6.67. The van der Waals surface area contributed by atoms with Gasteiger partial charge in [0.25, 0.3) is 5.91 Å². The zero-order valence-electron chi connectivity index (χ0n) is 17.6. The first-order valence-electron chi connectivity index (χ1n) is 9.51. The zero-order chi connectivity index (χ0) is 21.5. The lowest BCUT2D eigenvalue weighted by Crippen LogP contribution is -2.15. The van der Waals surface area contributed by atoms with Crippen molar-refractivity contribution in [1.82, 2.24) is 0 Å². The van der Waals surface area contributed by atoms with Crippen LogP contribution in [0.15, 0.2) is 60.7 Å². The minimum Gasteiger partial charge on any atom is -0.497 e. The van der Waals surface area contributed by atoms with Gasteiger partial charge in [-0.05, 0) is 47.9 Å². The van der Waals surface area contributed by atoms with Crippen molar-refractivity contribution in [2.75, 3.05) is 26.6 Å². The maximum absolute atomic E-state index is 13.2. The van der Waals surface area contributed by atoms with Gasteiger partial charge in [-0.25, -0.2) is 0 Å². The minimum absolute atomic E-state index is 0.252. The number of carbonyl (C=O) groups excluding carboxylic acids is 1. The molecule has 5 nitrogen and oxygen atoms in total. The Kier molecular flexibility index (Phi) is 6.75. The Labute approximate surface area is 176 Å². The number of para-hydroxylation sites is 1. The van der Waals surface area contributed by atoms with Gasteiger partial charge in [-0.3, -0.25) is 4.79 Å². The number of rotatable bonds is 7. The van der Waals surface area contributed by atoms with Gasteiger partial charge in [-0.1, -0.05) is 42.5 Å². The Balaban J connectivity index is 2.00. The second-order valence-corrected chi connectivity index (χ2v) is 6.67. The number of benzene rings is 3. The van der Waals surface area contributed by atoms with E-state index in [9.17, 15) is 4.79 Å². The highest BCUT2D eigenvalue weighted by Gasteiger charge is 2.19. The van der Waals surface area contributed by atoms with Crippen LogP contribution in [0.5, 0.6) is 17.2 Å². The molecule has 0 bridgehead atoms. The average Bonchev–Trinajstić information content (AvgIpc) is 2.78. The van der Waals surface area contributed by atoms with Crippen LogP contribution in [0.4, 0.5) is 5.69 Å². The molecule has 3 rings (SSSR count). The van der Waals surface area contributed by atoms with Gasteiger partial charge in [-0.15, -0.1) is 0 Å². The maximum Gasteiger partial charge on any atom is 0.260 e. The summed E-state index contributed by atoms with van der Waals surface area (Å²) in [5, 5.41) is 2.98. The van der Waals surface area contributed by atoms with Crippen molar-refractivity contribution in [3.05, 3.63) is 82.9 Å². The Morgan fingerprint density at radius 3 is 2.17 bits per heavy atom. The highest BCUT2D eigenvalue weighted by Crippen LogP contribution is 2.31. The van der Waals surface area contributed by atoms with Crippen LogP contribution in [0.3, 0.4) is 0 Å². The Hall–Kier alpha value is -3.73. The summed E-state index contributed by atoms with van der Waals surface area (Å²) in [6.07, 6.45) is 3.80. The summed E-state index contributed by atoms with van der Waals surface area (Å²) in [6, 6.07) is 18.8. The van der Waals surface area contributed by atoms with Gasteiger partial charge in [0.1, 0.15) is 17.2 Å².